The predicted octanol–water partition coefficient (Wildman–Crippen LogP) is 2.92. The first-order valence-electron chi connectivity index (χ1n) is 5.45. The largest absolute Gasteiger partial charge is 0.380 e. The van der Waals surface area contributed by atoms with E-state index in [0.717, 1.165) is 25.2 Å². The molecule has 1 N–H and O–H groups in total. The number of rotatable bonds is 3. The maximum Gasteiger partial charge on any atom is 0.142 e. The first-order chi connectivity index (χ1) is 7.66. The highest BCUT2D eigenvalue weighted by molar-refractivity contribution is 6.30. The van der Waals surface area contributed by atoms with Gasteiger partial charge in [-0.25, -0.2) is 4.39 Å². The van der Waals surface area contributed by atoms with Crippen LogP contribution in [0.4, 0.5) is 4.39 Å². The van der Waals surface area contributed by atoms with Crippen molar-refractivity contribution in [1.82, 2.24) is 5.32 Å². The summed E-state index contributed by atoms with van der Waals surface area (Å²) in [7, 11) is 0. The molecule has 2 rings (SSSR count). The third-order valence-electron chi connectivity index (χ3n) is 2.86. The number of halogens is 2. The molecule has 0 amide bonds. The van der Waals surface area contributed by atoms with Crippen molar-refractivity contribution in [2.45, 2.75) is 25.4 Å². The van der Waals surface area contributed by atoms with Gasteiger partial charge in [0.2, 0.25) is 0 Å². The summed E-state index contributed by atoms with van der Waals surface area (Å²) in [6.45, 7) is 3.56. The number of benzene rings is 1. The third-order valence-corrected chi connectivity index (χ3v) is 3.17. The van der Waals surface area contributed by atoms with Gasteiger partial charge in [0.1, 0.15) is 5.82 Å². The molecule has 1 heterocycles. The van der Waals surface area contributed by atoms with Gasteiger partial charge in [0, 0.05) is 18.7 Å². The van der Waals surface area contributed by atoms with Gasteiger partial charge in [-0.1, -0.05) is 17.7 Å². The maximum absolute atomic E-state index is 13.3. The lowest BCUT2D eigenvalue weighted by atomic mass is 10.1. The minimum atomic E-state index is -0.365. The van der Waals surface area contributed by atoms with Gasteiger partial charge in [-0.3, -0.25) is 0 Å². The average Bonchev–Trinajstić information content (AvgIpc) is 2.74. The zero-order chi connectivity index (χ0) is 11.5. The Morgan fingerprint density at radius 3 is 3.00 bits per heavy atom. The lowest BCUT2D eigenvalue weighted by molar-refractivity contribution is 0.188. The number of hydrogen-bond donors (Lipinski definition) is 1. The van der Waals surface area contributed by atoms with Gasteiger partial charge >= 0.3 is 0 Å². The lowest BCUT2D eigenvalue weighted by Crippen LogP contribution is -2.31. The average molecular weight is 244 g/mol. The quantitative estimate of drug-likeness (QED) is 0.882. The van der Waals surface area contributed by atoms with Gasteiger partial charge in [-0.05, 0) is 31.0 Å². The molecule has 2 unspecified atom stereocenters. The zero-order valence-electron chi connectivity index (χ0n) is 9.17. The maximum atomic E-state index is 13.3. The Kier molecular flexibility index (Phi) is 3.79. The van der Waals surface area contributed by atoms with Crippen molar-refractivity contribution in [3.63, 3.8) is 0 Å². The van der Waals surface area contributed by atoms with Crippen LogP contribution in [0.1, 0.15) is 24.9 Å². The highest BCUT2D eigenvalue weighted by atomic mass is 35.5. The monoisotopic (exact) mass is 243 g/mol. The van der Waals surface area contributed by atoms with E-state index in [9.17, 15) is 4.39 Å². The molecule has 4 heteroatoms. The molecule has 0 aliphatic carbocycles. The van der Waals surface area contributed by atoms with E-state index in [1.54, 1.807) is 6.07 Å². The molecule has 2 atom stereocenters. The molecule has 0 saturated carbocycles. The predicted molar refractivity (Wildman–Crippen MR) is 62.2 cm³/mol. The molecule has 2 nitrogen and oxygen atoms in total. The van der Waals surface area contributed by atoms with Crippen molar-refractivity contribution in [3.05, 3.63) is 34.6 Å². The molecular formula is C12H15ClFNO. The fraction of sp³-hybridized carbons (Fsp3) is 0.500. The van der Waals surface area contributed by atoms with Gasteiger partial charge in [0.05, 0.1) is 11.6 Å². The summed E-state index contributed by atoms with van der Waals surface area (Å²) < 4.78 is 18.5. The molecule has 0 radical (unpaired) electrons. The van der Waals surface area contributed by atoms with E-state index in [0.29, 0.717) is 6.04 Å². The standard InChI is InChI=1S/C12H15ClFNO/c1-8(15-10-4-5-16-7-10)9-2-3-11(13)12(14)6-9/h2-3,6,8,10,15H,4-5,7H2,1H3. The van der Waals surface area contributed by atoms with E-state index in [1.165, 1.54) is 6.07 Å². The van der Waals surface area contributed by atoms with Crippen LogP contribution in [-0.2, 0) is 4.74 Å². The normalized spacial score (nSPS) is 22.3. The molecule has 1 fully saturated rings. The highest BCUT2D eigenvalue weighted by Crippen LogP contribution is 2.21. The Morgan fingerprint density at radius 1 is 1.56 bits per heavy atom. The van der Waals surface area contributed by atoms with E-state index in [2.05, 4.69) is 5.32 Å². The first kappa shape index (κ1) is 11.8. The molecule has 0 spiro atoms. The van der Waals surface area contributed by atoms with E-state index in [1.807, 2.05) is 13.0 Å². The SMILES string of the molecule is CC(NC1CCOC1)c1ccc(Cl)c(F)c1. The molecular weight excluding hydrogens is 229 g/mol. The van der Waals surface area contributed by atoms with Crippen molar-refractivity contribution in [3.8, 4) is 0 Å². The van der Waals surface area contributed by atoms with E-state index >= 15 is 0 Å². The van der Waals surface area contributed by atoms with Gasteiger partial charge in [-0.15, -0.1) is 0 Å². The van der Waals surface area contributed by atoms with Crippen molar-refractivity contribution in [1.29, 1.82) is 0 Å². The second-order valence-electron chi connectivity index (χ2n) is 4.12. The number of hydrogen-bond acceptors (Lipinski definition) is 2. The van der Waals surface area contributed by atoms with Crippen LogP contribution in [0.15, 0.2) is 18.2 Å². The summed E-state index contributed by atoms with van der Waals surface area (Å²) in [5.74, 6) is -0.365. The van der Waals surface area contributed by atoms with Gasteiger partial charge in [-0.2, -0.15) is 0 Å². The van der Waals surface area contributed by atoms with Crippen LogP contribution in [0.5, 0.6) is 0 Å². The summed E-state index contributed by atoms with van der Waals surface area (Å²) in [4.78, 5) is 0. The van der Waals surface area contributed by atoms with Crippen LogP contribution in [0.3, 0.4) is 0 Å². The van der Waals surface area contributed by atoms with Gasteiger partial charge in [0.15, 0.2) is 0 Å². The molecule has 1 aliphatic rings. The molecule has 0 bridgehead atoms. The number of ether oxygens (including phenoxy) is 1. The van der Waals surface area contributed by atoms with Crippen LogP contribution in [-0.4, -0.2) is 19.3 Å². The summed E-state index contributed by atoms with van der Waals surface area (Å²) >= 11 is 5.64. The van der Waals surface area contributed by atoms with Crippen molar-refractivity contribution in [2.75, 3.05) is 13.2 Å². The second-order valence-corrected chi connectivity index (χ2v) is 4.53. The molecule has 1 aromatic carbocycles. The fourth-order valence-electron chi connectivity index (χ4n) is 1.90. The van der Waals surface area contributed by atoms with E-state index in [4.69, 9.17) is 16.3 Å². The lowest BCUT2D eigenvalue weighted by Gasteiger charge is -2.18. The zero-order valence-corrected chi connectivity index (χ0v) is 9.93. The highest BCUT2D eigenvalue weighted by Gasteiger charge is 2.18. The van der Waals surface area contributed by atoms with E-state index in [-0.39, 0.29) is 16.9 Å². The van der Waals surface area contributed by atoms with Crippen LogP contribution in [0, 0.1) is 5.82 Å². The van der Waals surface area contributed by atoms with Crippen LogP contribution < -0.4 is 5.32 Å². The van der Waals surface area contributed by atoms with Crippen molar-refractivity contribution < 1.29 is 9.13 Å². The Hall–Kier alpha value is -0.640. The molecule has 1 saturated heterocycles. The Morgan fingerprint density at radius 2 is 2.38 bits per heavy atom. The molecule has 0 aromatic heterocycles. The Labute approximate surface area is 99.7 Å². The smallest absolute Gasteiger partial charge is 0.142 e. The summed E-state index contributed by atoms with van der Waals surface area (Å²) in [5.41, 5.74) is 0.911. The summed E-state index contributed by atoms with van der Waals surface area (Å²) in [5, 5.41) is 3.57. The first-order valence-corrected chi connectivity index (χ1v) is 5.83. The van der Waals surface area contributed by atoms with E-state index < -0.39 is 0 Å². The minimum absolute atomic E-state index is 0.110. The molecule has 88 valence electrons. The Bertz CT molecular complexity index is 366. The van der Waals surface area contributed by atoms with Gasteiger partial charge in [0.25, 0.3) is 0 Å². The topological polar surface area (TPSA) is 21.3 Å². The van der Waals surface area contributed by atoms with Crippen LogP contribution >= 0.6 is 11.6 Å². The second kappa shape index (κ2) is 5.13. The molecule has 1 aromatic rings. The third kappa shape index (κ3) is 2.73. The minimum Gasteiger partial charge on any atom is -0.380 e. The summed E-state index contributed by atoms with van der Waals surface area (Å²) in [6, 6.07) is 5.40. The van der Waals surface area contributed by atoms with Gasteiger partial charge < -0.3 is 10.1 Å². The summed E-state index contributed by atoms with van der Waals surface area (Å²) in [6.07, 6.45) is 1.01. The van der Waals surface area contributed by atoms with Crippen LogP contribution in [0.2, 0.25) is 5.02 Å². The van der Waals surface area contributed by atoms with Crippen molar-refractivity contribution >= 4 is 11.6 Å². The molecule has 1 aliphatic heterocycles. The molecule has 16 heavy (non-hydrogen) atoms. The van der Waals surface area contributed by atoms with Crippen molar-refractivity contribution in [2.24, 2.45) is 0 Å². The number of nitrogens with one attached hydrogen (secondary N) is 1. The Balaban J connectivity index is 2.02. The van der Waals surface area contributed by atoms with Crippen LogP contribution in [0.25, 0.3) is 0 Å². The fourth-order valence-corrected chi connectivity index (χ4v) is 2.02.